The lowest BCUT2D eigenvalue weighted by atomic mass is 10.1. The molecule has 12 nitrogen and oxygen atoms in total. The summed E-state index contributed by atoms with van der Waals surface area (Å²) in [6, 6.07) is 4.70. The minimum absolute atomic E-state index is 0.0802. The second-order valence-corrected chi connectivity index (χ2v) is 11.5. The quantitative estimate of drug-likeness (QED) is 0.277. The summed E-state index contributed by atoms with van der Waals surface area (Å²) in [4.78, 5) is 18.7. The molecule has 210 valence electrons. The number of rotatable bonds is 11. The van der Waals surface area contributed by atoms with E-state index in [1.165, 1.54) is 16.8 Å². The molecule has 0 atom stereocenters. The van der Waals surface area contributed by atoms with Crippen LogP contribution in [0.25, 0.3) is 27.9 Å². The van der Waals surface area contributed by atoms with Crippen LogP contribution in [0.3, 0.4) is 0 Å². The first-order valence-corrected chi connectivity index (χ1v) is 14.9. The van der Waals surface area contributed by atoms with E-state index < -0.39 is 10.0 Å². The summed E-state index contributed by atoms with van der Waals surface area (Å²) >= 11 is 6.93. The molecule has 0 bridgehead atoms. The Bertz CT molecular complexity index is 1640. The van der Waals surface area contributed by atoms with E-state index in [2.05, 4.69) is 24.8 Å². The molecule has 14 heteroatoms. The number of fused-ring (bicyclic) bond motifs is 3. The predicted octanol–water partition coefficient (Wildman–Crippen LogP) is 2.50. The molecule has 1 aliphatic heterocycles. The molecule has 0 spiro atoms. The smallest absolute Gasteiger partial charge is 0.335 e. The van der Waals surface area contributed by atoms with Crippen LogP contribution in [0.1, 0.15) is 26.7 Å². The Kier molecular flexibility index (Phi) is 8.24. The van der Waals surface area contributed by atoms with Gasteiger partial charge in [0.2, 0.25) is 10.0 Å². The van der Waals surface area contributed by atoms with E-state index in [9.17, 15) is 13.2 Å². The number of morpholine rings is 1. The number of nitrogens with zero attached hydrogens (tertiary/aromatic N) is 5. The molecule has 5 rings (SSSR count). The van der Waals surface area contributed by atoms with Gasteiger partial charge in [0.15, 0.2) is 5.65 Å². The van der Waals surface area contributed by atoms with Crippen LogP contribution in [0.2, 0.25) is 5.02 Å². The second-order valence-electron chi connectivity index (χ2n) is 9.35. The summed E-state index contributed by atoms with van der Waals surface area (Å²) in [5, 5.41) is 8.30. The van der Waals surface area contributed by atoms with Crippen molar-refractivity contribution in [2.45, 2.75) is 38.1 Å². The van der Waals surface area contributed by atoms with Crippen LogP contribution in [-0.4, -0.2) is 83.5 Å². The normalized spacial score (nSPS) is 14.9. The van der Waals surface area contributed by atoms with Crippen LogP contribution in [0.5, 0.6) is 5.75 Å². The molecule has 4 heterocycles. The number of aryl methyl sites for hydroxylation is 1. The molecule has 1 fully saturated rings. The number of halogens is 1. The molecule has 0 aliphatic carbocycles. The topological polar surface area (TPSA) is 136 Å². The Morgan fingerprint density at radius 1 is 1.18 bits per heavy atom. The highest BCUT2D eigenvalue weighted by Gasteiger charge is 2.25. The van der Waals surface area contributed by atoms with Crippen LogP contribution >= 0.6 is 11.6 Å². The third kappa shape index (κ3) is 5.41. The summed E-state index contributed by atoms with van der Waals surface area (Å²) in [5.74, 6) is 0.472. The minimum atomic E-state index is -3.82. The van der Waals surface area contributed by atoms with E-state index in [1.807, 2.05) is 13.8 Å². The maximum Gasteiger partial charge on any atom is 0.335 e. The zero-order valence-electron chi connectivity index (χ0n) is 21.9. The lowest BCUT2D eigenvalue weighted by Crippen LogP contribution is -2.41. The molecule has 4 aromatic rings. The largest absolute Gasteiger partial charge is 0.493 e. The highest BCUT2D eigenvalue weighted by atomic mass is 35.5. The van der Waals surface area contributed by atoms with Gasteiger partial charge in [-0.05, 0) is 31.0 Å². The number of hydrogen-bond acceptors (Lipinski definition) is 8. The van der Waals surface area contributed by atoms with Crippen molar-refractivity contribution in [3.05, 3.63) is 40.0 Å². The van der Waals surface area contributed by atoms with Gasteiger partial charge in [0, 0.05) is 38.3 Å². The first-order valence-electron chi connectivity index (χ1n) is 13.1. The highest BCUT2D eigenvalue weighted by Crippen LogP contribution is 2.40. The summed E-state index contributed by atoms with van der Waals surface area (Å²) in [6.45, 7) is 8.52. The molecule has 0 saturated carbocycles. The van der Waals surface area contributed by atoms with Crippen LogP contribution in [-0.2, 0) is 21.3 Å². The molecular weight excluding hydrogens is 546 g/mol. The van der Waals surface area contributed by atoms with E-state index in [-0.39, 0.29) is 22.2 Å². The van der Waals surface area contributed by atoms with Gasteiger partial charge in [-0.1, -0.05) is 25.4 Å². The number of aromatic amines is 1. The van der Waals surface area contributed by atoms with Gasteiger partial charge in [0.25, 0.3) is 0 Å². The average Bonchev–Trinajstić information content (AvgIpc) is 3.56. The summed E-state index contributed by atoms with van der Waals surface area (Å²) in [7, 11) is -3.82. The Hall–Kier alpha value is -2.97. The summed E-state index contributed by atoms with van der Waals surface area (Å²) in [5.41, 5.74) is 1.94. The van der Waals surface area contributed by atoms with Crippen molar-refractivity contribution in [3.63, 3.8) is 0 Å². The summed E-state index contributed by atoms with van der Waals surface area (Å²) in [6.07, 6.45) is 2.83. The molecular formula is C25H32ClN7O5S. The molecule has 1 aromatic carbocycles. The Morgan fingerprint density at radius 3 is 2.72 bits per heavy atom. The number of benzene rings is 1. The van der Waals surface area contributed by atoms with Gasteiger partial charge in [0.05, 0.1) is 40.9 Å². The molecule has 1 saturated heterocycles. The SMILES string of the molecule is CCCOc1ccc(S(=O)(=O)NCCN2CCOCC2)cc1-c1[nH]c2c(c1Cl)n(CCC)c(=O)n1cnnc21. The van der Waals surface area contributed by atoms with Crippen LogP contribution in [0.15, 0.2) is 34.2 Å². The van der Waals surface area contributed by atoms with Gasteiger partial charge in [-0.15, -0.1) is 10.2 Å². The maximum absolute atomic E-state index is 13.3. The van der Waals surface area contributed by atoms with Gasteiger partial charge in [-0.2, -0.15) is 0 Å². The van der Waals surface area contributed by atoms with E-state index in [0.29, 0.717) is 73.0 Å². The monoisotopic (exact) mass is 577 g/mol. The molecule has 2 N–H and O–H groups in total. The molecule has 3 aromatic heterocycles. The fraction of sp³-hybridized carbons (Fsp3) is 0.480. The third-order valence-electron chi connectivity index (χ3n) is 6.66. The first kappa shape index (κ1) is 27.6. The maximum atomic E-state index is 13.3. The standard InChI is InChI=1S/C25H32ClN7O5S/c1-3-8-32-23-20(26)21(29-22(23)24-30-27-16-33(24)25(32)34)18-15-17(5-6-19(18)38-12-4-2)39(35,36)28-7-9-31-10-13-37-14-11-31/h5-6,15-16,28-29H,3-4,7-14H2,1-2H3. The van der Waals surface area contributed by atoms with Gasteiger partial charge >= 0.3 is 5.69 Å². The predicted molar refractivity (Wildman–Crippen MR) is 148 cm³/mol. The van der Waals surface area contributed by atoms with Crippen molar-refractivity contribution in [1.29, 1.82) is 0 Å². The summed E-state index contributed by atoms with van der Waals surface area (Å²) < 4.78 is 43.5. The number of H-pyrrole nitrogens is 1. The molecule has 0 radical (unpaired) electrons. The van der Waals surface area contributed by atoms with Gasteiger partial charge in [-0.3, -0.25) is 9.47 Å². The zero-order valence-corrected chi connectivity index (χ0v) is 23.5. The molecule has 39 heavy (non-hydrogen) atoms. The van der Waals surface area contributed by atoms with Crippen molar-refractivity contribution >= 4 is 38.3 Å². The number of aromatic nitrogens is 5. The van der Waals surface area contributed by atoms with Crippen LogP contribution < -0.4 is 15.1 Å². The van der Waals surface area contributed by atoms with E-state index in [4.69, 9.17) is 21.1 Å². The number of nitrogens with one attached hydrogen (secondary N) is 2. The van der Waals surface area contributed by atoms with E-state index in [1.54, 1.807) is 16.7 Å². The van der Waals surface area contributed by atoms with Gasteiger partial charge in [0.1, 0.15) is 17.6 Å². The zero-order chi connectivity index (χ0) is 27.6. The van der Waals surface area contributed by atoms with Crippen molar-refractivity contribution in [2.24, 2.45) is 0 Å². The minimum Gasteiger partial charge on any atom is -0.493 e. The van der Waals surface area contributed by atoms with Crippen molar-refractivity contribution < 1.29 is 17.9 Å². The first-order chi connectivity index (χ1) is 18.9. The molecule has 0 amide bonds. The van der Waals surface area contributed by atoms with Crippen molar-refractivity contribution in [2.75, 3.05) is 46.0 Å². The average molecular weight is 578 g/mol. The second kappa shape index (κ2) is 11.6. The Balaban J connectivity index is 1.58. The fourth-order valence-electron chi connectivity index (χ4n) is 4.73. The number of ether oxygens (including phenoxy) is 2. The van der Waals surface area contributed by atoms with Crippen LogP contribution in [0, 0.1) is 0 Å². The Morgan fingerprint density at radius 2 is 1.97 bits per heavy atom. The fourth-order valence-corrected chi connectivity index (χ4v) is 6.12. The highest BCUT2D eigenvalue weighted by molar-refractivity contribution is 7.89. The number of sulfonamides is 1. The van der Waals surface area contributed by atoms with Crippen molar-refractivity contribution in [3.8, 4) is 17.0 Å². The lowest BCUT2D eigenvalue weighted by Gasteiger charge is -2.26. The number of hydrogen-bond donors (Lipinski definition) is 2. The van der Waals surface area contributed by atoms with Gasteiger partial charge in [-0.25, -0.2) is 22.3 Å². The third-order valence-corrected chi connectivity index (χ3v) is 8.48. The van der Waals surface area contributed by atoms with Crippen molar-refractivity contribution in [1.82, 2.24) is 33.8 Å². The Labute approximate surface area is 230 Å². The molecule has 1 aliphatic rings. The lowest BCUT2D eigenvalue weighted by molar-refractivity contribution is 0.0390. The van der Waals surface area contributed by atoms with Crippen LogP contribution in [0.4, 0.5) is 0 Å². The van der Waals surface area contributed by atoms with E-state index in [0.717, 1.165) is 19.5 Å². The van der Waals surface area contributed by atoms with Gasteiger partial charge < -0.3 is 14.5 Å². The van der Waals surface area contributed by atoms with E-state index >= 15 is 0 Å². The molecule has 0 unspecified atom stereocenters.